The molecule has 0 bridgehead atoms. The number of rotatable bonds is 5. The molecule has 2 aromatic heterocycles. The van der Waals surface area contributed by atoms with E-state index in [-0.39, 0.29) is 28.9 Å². The number of carboxylic acid groups (broad SMARTS) is 1. The molecule has 0 saturated carbocycles. The molecule has 0 radical (unpaired) electrons. The lowest BCUT2D eigenvalue weighted by Gasteiger charge is -2.19. The van der Waals surface area contributed by atoms with Gasteiger partial charge in [0.05, 0.1) is 5.41 Å². The summed E-state index contributed by atoms with van der Waals surface area (Å²) in [4.78, 5) is 31.5. The first kappa shape index (κ1) is 20.2. The maximum Gasteiger partial charge on any atom is 0.310 e. The zero-order valence-electron chi connectivity index (χ0n) is 16.2. The summed E-state index contributed by atoms with van der Waals surface area (Å²) in [5.41, 5.74) is -0.0921. The number of benzene rings is 1. The predicted molar refractivity (Wildman–Crippen MR) is 105 cm³/mol. The van der Waals surface area contributed by atoms with Crippen molar-refractivity contribution in [3.8, 4) is 16.9 Å². The zero-order chi connectivity index (χ0) is 21.3. The normalized spacial score (nSPS) is 11.4. The molecule has 3 N–H and O–H groups in total. The predicted octanol–water partition coefficient (Wildman–Crippen LogP) is 3.29. The number of nitrogens with zero attached hydrogens (tertiary/aromatic N) is 2. The SMILES string of the molecule is Cc1ccc2ccc(-c3cnc(C(=O)NCC(C)(C)C(=O)O)c(O)c3)c(F)c2n1. The molecular weight excluding hydrogens is 377 g/mol. The Morgan fingerprint density at radius 1 is 1.21 bits per heavy atom. The van der Waals surface area contributed by atoms with Crippen LogP contribution in [-0.4, -0.2) is 38.6 Å². The van der Waals surface area contributed by atoms with Gasteiger partial charge in [-0.15, -0.1) is 0 Å². The molecule has 0 spiro atoms. The van der Waals surface area contributed by atoms with Crippen molar-refractivity contribution in [1.29, 1.82) is 0 Å². The van der Waals surface area contributed by atoms with Crippen LogP contribution in [0, 0.1) is 18.2 Å². The van der Waals surface area contributed by atoms with Gasteiger partial charge in [0.15, 0.2) is 11.5 Å². The fourth-order valence-electron chi connectivity index (χ4n) is 2.71. The van der Waals surface area contributed by atoms with Gasteiger partial charge in [-0.1, -0.05) is 18.2 Å². The van der Waals surface area contributed by atoms with E-state index in [0.717, 1.165) is 0 Å². The summed E-state index contributed by atoms with van der Waals surface area (Å²) in [5.74, 6) is -2.78. The molecule has 0 fully saturated rings. The molecule has 7 nitrogen and oxygen atoms in total. The molecule has 3 rings (SSSR count). The van der Waals surface area contributed by atoms with Crippen LogP contribution >= 0.6 is 0 Å². The molecule has 0 aliphatic heterocycles. The number of carbonyl (C=O) groups is 2. The van der Waals surface area contributed by atoms with E-state index >= 15 is 0 Å². The Balaban J connectivity index is 1.90. The van der Waals surface area contributed by atoms with E-state index in [1.807, 2.05) is 0 Å². The van der Waals surface area contributed by atoms with Gasteiger partial charge >= 0.3 is 5.97 Å². The van der Waals surface area contributed by atoms with E-state index in [1.54, 1.807) is 31.2 Å². The average molecular weight is 397 g/mol. The Hall–Kier alpha value is -3.55. The van der Waals surface area contributed by atoms with Crippen molar-refractivity contribution in [3.05, 3.63) is 53.7 Å². The molecule has 0 aliphatic rings. The summed E-state index contributed by atoms with van der Waals surface area (Å²) >= 11 is 0. The number of aryl methyl sites for hydroxylation is 1. The quantitative estimate of drug-likeness (QED) is 0.609. The van der Waals surface area contributed by atoms with Crippen molar-refractivity contribution in [2.75, 3.05) is 6.54 Å². The van der Waals surface area contributed by atoms with Crippen LogP contribution in [0.25, 0.3) is 22.0 Å². The second-order valence-electron chi connectivity index (χ2n) is 7.41. The lowest BCUT2D eigenvalue weighted by molar-refractivity contribution is -0.146. The maximum absolute atomic E-state index is 14.9. The number of aromatic hydroxyl groups is 1. The van der Waals surface area contributed by atoms with Gasteiger partial charge in [0, 0.05) is 34.9 Å². The minimum atomic E-state index is -1.18. The maximum atomic E-state index is 14.9. The highest BCUT2D eigenvalue weighted by Gasteiger charge is 2.28. The second-order valence-corrected chi connectivity index (χ2v) is 7.41. The van der Waals surface area contributed by atoms with Crippen LogP contribution in [0.5, 0.6) is 5.75 Å². The topological polar surface area (TPSA) is 112 Å². The highest BCUT2D eigenvalue weighted by atomic mass is 19.1. The van der Waals surface area contributed by atoms with E-state index in [4.69, 9.17) is 5.11 Å². The molecule has 0 aliphatic carbocycles. The minimum Gasteiger partial charge on any atom is -0.505 e. The number of aliphatic carboxylic acids is 1. The van der Waals surface area contributed by atoms with Gasteiger partial charge in [0.25, 0.3) is 5.91 Å². The summed E-state index contributed by atoms with van der Waals surface area (Å²) in [6, 6.07) is 8.07. The number of fused-ring (bicyclic) bond motifs is 1. The van der Waals surface area contributed by atoms with Crippen molar-refractivity contribution in [2.24, 2.45) is 5.41 Å². The number of hydrogen-bond donors (Lipinski definition) is 3. The fraction of sp³-hybridized carbons (Fsp3) is 0.238. The zero-order valence-corrected chi connectivity index (χ0v) is 16.2. The lowest BCUT2D eigenvalue weighted by Crippen LogP contribution is -2.39. The summed E-state index contributed by atoms with van der Waals surface area (Å²) < 4.78 is 14.9. The van der Waals surface area contributed by atoms with Gasteiger partial charge in [-0.2, -0.15) is 0 Å². The number of pyridine rings is 2. The van der Waals surface area contributed by atoms with Crippen molar-refractivity contribution >= 4 is 22.8 Å². The van der Waals surface area contributed by atoms with Gasteiger partial charge in [0.2, 0.25) is 0 Å². The molecule has 8 heteroatoms. The molecule has 2 heterocycles. The Bertz CT molecular complexity index is 1130. The highest BCUT2D eigenvalue weighted by Crippen LogP contribution is 2.30. The van der Waals surface area contributed by atoms with Crippen LogP contribution in [0.3, 0.4) is 0 Å². The summed E-state index contributed by atoms with van der Waals surface area (Å²) in [6.07, 6.45) is 1.27. The van der Waals surface area contributed by atoms with Crippen LogP contribution in [0.4, 0.5) is 4.39 Å². The largest absolute Gasteiger partial charge is 0.505 e. The number of aromatic nitrogens is 2. The van der Waals surface area contributed by atoms with Crippen molar-refractivity contribution in [3.63, 3.8) is 0 Å². The molecule has 1 amide bonds. The average Bonchev–Trinajstić information content (AvgIpc) is 2.66. The highest BCUT2D eigenvalue weighted by molar-refractivity contribution is 5.96. The van der Waals surface area contributed by atoms with Gasteiger partial charge in [-0.05, 0) is 32.9 Å². The first-order valence-electron chi connectivity index (χ1n) is 8.87. The first-order chi connectivity index (χ1) is 13.6. The monoisotopic (exact) mass is 397 g/mol. The van der Waals surface area contributed by atoms with Crippen molar-refractivity contribution in [1.82, 2.24) is 15.3 Å². The van der Waals surface area contributed by atoms with Crippen LogP contribution in [0.2, 0.25) is 0 Å². The van der Waals surface area contributed by atoms with E-state index < -0.39 is 28.9 Å². The molecule has 29 heavy (non-hydrogen) atoms. The molecule has 3 aromatic rings. The number of hydrogen-bond acceptors (Lipinski definition) is 5. The van der Waals surface area contributed by atoms with Gasteiger partial charge < -0.3 is 15.5 Å². The van der Waals surface area contributed by atoms with Crippen LogP contribution < -0.4 is 5.32 Å². The van der Waals surface area contributed by atoms with E-state index in [0.29, 0.717) is 11.1 Å². The third-order valence-electron chi connectivity index (χ3n) is 4.60. The summed E-state index contributed by atoms with van der Waals surface area (Å²) in [6.45, 7) is 4.54. The lowest BCUT2D eigenvalue weighted by atomic mass is 9.94. The summed E-state index contributed by atoms with van der Waals surface area (Å²) in [7, 11) is 0. The van der Waals surface area contributed by atoms with Crippen molar-refractivity contribution in [2.45, 2.75) is 20.8 Å². The molecule has 1 aromatic carbocycles. The third kappa shape index (κ3) is 4.01. The number of nitrogens with one attached hydrogen (secondary N) is 1. The fourth-order valence-corrected chi connectivity index (χ4v) is 2.71. The molecule has 150 valence electrons. The van der Waals surface area contributed by atoms with Gasteiger partial charge in [-0.25, -0.2) is 9.37 Å². The van der Waals surface area contributed by atoms with E-state index in [2.05, 4.69) is 15.3 Å². The molecule has 0 saturated heterocycles. The minimum absolute atomic E-state index is 0.144. The second kappa shape index (κ2) is 7.46. The Kier molecular flexibility index (Phi) is 5.19. The Morgan fingerprint density at radius 3 is 2.55 bits per heavy atom. The van der Waals surface area contributed by atoms with Crippen LogP contribution in [0.15, 0.2) is 36.5 Å². The smallest absolute Gasteiger partial charge is 0.310 e. The van der Waals surface area contributed by atoms with Crippen molar-refractivity contribution < 1.29 is 24.2 Å². The molecule has 0 atom stereocenters. The first-order valence-corrected chi connectivity index (χ1v) is 8.87. The van der Waals surface area contributed by atoms with Crippen LogP contribution in [0.1, 0.15) is 30.0 Å². The number of halogens is 1. The molecule has 0 unspecified atom stereocenters. The van der Waals surface area contributed by atoms with Crippen LogP contribution in [-0.2, 0) is 4.79 Å². The van der Waals surface area contributed by atoms with E-state index in [9.17, 15) is 19.1 Å². The number of carboxylic acids is 1. The van der Waals surface area contributed by atoms with Gasteiger partial charge in [0.1, 0.15) is 11.3 Å². The standard InChI is InChI=1S/C21H20FN3O4/c1-11-4-5-12-6-7-14(16(22)17(12)25-11)13-8-15(26)18(23-9-13)19(27)24-10-21(2,3)20(28)29/h4-9,26H,10H2,1-3H3,(H,24,27)(H,28,29). The van der Waals surface area contributed by atoms with E-state index in [1.165, 1.54) is 26.1 Å². The van der Waals surface area contributed by atoms with Gasteiger partial charge in [-0.3, -0.25) is 14.6 Å². The molecular formula is C21H20FN3O4. The Labute approximate surface area is 166 Å². The third-order valence-corrected chi connectivity index (χ3v) is 4.60. The number of carbonyl (C=O) groups excluding carboxylic acids is 1. The Morgan fingerprint density at radius 2 is 1.90 bits per heavy atom. The number of amides is 1. The summed E-state index contributed by atoms with van der Waals surface area (Å²) in [5, 5.41) is 22.4.